The Morgan fingerprint density at radius 1 is 1.05 bits per heavy atom. The van der Waals surface area contributed by atoms with Crippen LogP contribution < -0.4 is 20.3 Å². The first-order valence-corrected chi connectivity index (χ1v) is 14.2. The van der Waals surface area contributed by atoms with Crippen molar-refractivity contribution in [3.63, 3.8) is 0 Å². The largest absolute Gasteiger partial charge is 0.461 e. The Morgan fingerprint density at radius 2 is 1.80 bits per heavy atom. The van der Waals surface area contributed by atoms with Crippen molar-refractivity contribution in [1.29, 1.82) is 0 Å². The lowest BCUT2D eigenvalue weighted by molar-refractivity contribution is -0.126. The average molecular weight is 596 g/mol. The zero-order valence-corrected chi connectivity index (χ0v) is 23.0. The van der Waals surface area contributed by atoms with Crippen molar-refractivity contribution in [3.8, 4) is 17.6 Å². The average Bonchev–Trinajstić information content (AvgIpc) is 3.30. The highest BCUT2D eigenvalue weighted by atomic mass is 32.1. The molecule has 2 aliphatic rings. The summed E-state index contributed by atoms with van der Waals surface area (Å²) in [5.74, 6) is 5.33. The summed E-state index contributed by atoms with van der Waals surface area (Å²) in [5, 5.41) is 6.90. The normalized spacial score (nSPS) is 16.4. The number of halogens is 5. The van der Waals surface area contributed by atoms with Gasteiger partial charge in [0.25, 0.3) is 0 Å². The Labute approximate surface area is 238 Å². The van der Waals surface area contributed by atoms with Crippen LogP contribution in [0.5, 0.6) is 5.75 Å². The van der Waals surface area contributed by atoms with Crippen molar-refractivity contribution in [2.45, 2.75) is 31.5 Å². The van der Waals surface area contributed by atoms with Gasteiger partial charge in [0.1, 0.15) is 11.6 Å². The van der Waals surface area contributed by atoms with Gasteiger partial charge in [-0.2, -0.15) is 13.2 Å². The summed E-state index contributed by atoms with van der Waals surface area (Å²) in [6.45, 7) is 2.04. The SMILES string of the molecule is FCOc1cc(N2CCOCC2)c(F)cc1NCC#Cc1sc2c(NC3CCOCC3)cccc2c1CC(F)(F)F. The van der Waals surface area contributed by atoms with E-state index in [0.29, 0.717) is 49.8 Å². The van der Waals surface area contributed by atoms with Crippen molar-refractivity contribution in [2.75, 3.05) is 68.5 Å². The molecule has 0 unspecified atom stereocenters. The quantitative estimate of drug-likeness (QED) is 0.234. The number of ether oxygens (including phenoxy) is 3. The van der Waals surface area contributed by atoms with Crippen LogP contribution in [0.25, 0.3) is 10.1 Å². The maximum absolute atomic E-state index is 14.9. The maximum Gasteiger partial charge on any atom is 0.393 e. The number of nitrogens with zero attached hydrogens (tertiary/aromatic N) is 1. The summed E-state index contributed by atoms with van der Waals surface area (Å²) in [6, 6.07) is 8.11. The van der Waals surface area contributed by atoms with Gasteiger partial charge in [0, 0.05) is 44.5 Å². The Morgan fingerprint density at radius 3 is 2.54 bits per heavy atom. The van der Waals surface area contributed by atoms with Crippen LogP contribution in [0.1, 0.15) is 23.3 Å². The van der Waals surface area contributed by atoms with E-state index in [0.717, 1.165) is 23.2 Å². The van der Waals surface area contributed by atoms with Gasteiger partial charge in [-0.3, -0.25) is 0 Å². The molecule has 5 rings (SSSR count). The summed E-state index contributed by atoms with van der Waals surface area (Å²) < 4.78 is 85.2. The Kier molecular flexibility index (Phi) is 9.37. The van der Waals surface area contributed by atoms with E-state index >= 15 is 0 Å². The number of benzene rings is 2. The van der Waals surface area contributed by atoms with Crippen molar-refractivity contribution < 1.29 is 36.2 Å². The first kappa shape index (κ1) is 29.2. The highest BCUT2D eigenvalue weighted by Gasteiger charge is 2.31. The molecule has 220 valence electrons. The molecule has 2 aliphatic heterocycles. The monoisotopic (exact) mass is 595 g/mol. The Bertz CT molecular complexity index is 1410. The van der Waals surface area contributed by atoms with E-state index in [1.807, 2.05) is 6.07 Å². The predicted octanol–water partition coefficient (Wildman–Crippen LogP) is 6.34. The van der Waals surface area contributed by atoms with E-state index in [1.54, 1.807) is 17.0 Å². The number of nitrogens with one attached hydrogen (secondary N) is 2. The number of fused-ring (bicyclic) bond motifs is 1. The molecule has 0 spiro atoms. The van der Waals surface area contributed by atoms with E-state index in [4.69, 9.17) is 14.2 Å². The molecule has 0 radical (unpaired) electrons. The molecule has 0 bridgehead atoms. The molecule has 2 N–H and O–H groups in total. The third kappa shape index (κ3) is 7.33. The second kappa shape index (κ2) is 13.1. The maximum atomic E-state index is 14.9. The number of thiophene rings is 1. The minimum Gasteiger partial charge on any atom is -0.461 e. The molecule has 2 aromatic carbocycles. The van der Waals surface area contributed by atoms with Crippen molar-refractivity contribution >= 4 is 38.5 Å². The van der Waals surface area contributed by atoms with Crippen molar-refractivity contribution in [3.05, 3.63) is 46.6 Å². The highest BCUT2D eigenvalue weighted by Crippen LogP contribution is 2.39. The van der Waals surface area contributed by atoms with Crippen LogP contribution in [-0.2, 0) is 15.9 Å². The molecule has 3 aromatic rings. The third-order valence-electron chi connectivity index (χ3n) is 6.96. The zero-order chi connectivity index (χ0) is 28.8. The van der Waals surface area contributed by atoms with Crippen LogP contribution >= 0.6 is 11.3 Å². The van der Waals surface area contributed by atoms with Gasteiger partial charge in [0.15, 0.2) is 0 Å². The van der Waals surface area contributed by atoms with E-state index < -0.39 is 25.3 Å². The molecule has 0 amide bonds. The zero-order valence-electron chi connectivity index (χ0n) is 22.2. The molecule has 3 heterocycles. The van der Waals surface area contributed by atoms with Gasteiger partial charge in [-0.25, -0.2) is 8.78 Å². The lowest BCUT2D eigenvalue weighted by atomic mass is 10.1. The number of morpholine rings is 1. The fourth-order valence-corrected chi connectivity index (χ4v) is 6.16. The smallest absolute Gasteiger partial charge is 0.393 e. The molecule has 12 heteroatoms. The minimum atomic E-state index is -4.41. The number of hydrogen-bond donors (Lipinski definition) is 2. The molecule has 0 aliphatic carbocycles. The second-order valence-electron chi connectivity index (χ2n) is 9.72. The topological polar surface area (TPSA) is 55.0 Å². The number of hydrogen-bond acceptors (Lipinski definition) is 7. The fourth-order valence-electron chi connectivity index (χ4n) is 4.99. The Hall–Kier alpha value is -3.27. The van der Waals surface area contributed by atoms with Gasteiger partial charge in [-0.15, -0.1) is 11.3 Å². The molecule has 2 saturated heterocycles. The van der Waals surface area contributed by atoms with E-state index in [-0.39, 0.29) is 35.3 Å². The van der Waals surface area contributed by atoms with Crippen LogP contribution in [0.3, 0.4) is 0 Å². The lowest BCUT2D eigenvalue weighted by Crippen LogP contribution is -2.36. The van der Waals surface area contributed by atoms with Crippen molar-refractivity contribution in [1.82, 2.24) is 0 Å². The standard InChI is InChI=1S/C29H30F5N3O3S/c30-18-40-26-16-25(37-9-13-39-14-10-37)22(31)15-24(26)35-8-2-5-27-21(17-29(32,33)34)20-3-1-4-23(28(20)41-27)36-19-6-11-38-12-7-19/h1,3-4,15-16,19,35-36H,6-14,17-18H2. The van der Waals surface area contributed by atoms with Gasteiger partial charge in [-0.1, -0.05) is 24.0 Å². The number of rotatable bonds is 8. The van der Waals surface area contributed by atoms with Crippen LogP contribution in [0.2, 0.25) is 0 Å². The van der Waals surface area contributed by atoms with Gasteiger partial charge < -0.3 is 29.7 Å². The molecule has 2 fully saturated rings. The van der Waals surface area contributed by atoms with Gasteiger partial charge in [-0.05, 0) is 29.9 Å². The predicted molar refractivity (Wildman–Crippen MR) is 150 cm³/mol. The number of anilines is 3. The third-order valence-corrected chi connectivity index (χ3v) is 8.15. The molecule has 1 aromatic heterocycles. The van der Waals surface area contributed by atoms with Crippen molar-refractivity contribution in [2.24, 2.45) is 0 Å². The van der Waals surface area contributed by atoms with E-state index in [1.165, 1.54) is 23.5 Å². The summed E-state index contributed by atoms with van der Waals surface area (Å²) in [5.41, 5.74) is 1.38. The van der Waals surface area contributed by atoms with Gasteiger partial charge in [0.05, 0.1) is 52.8 Å². The Balaban J connectivity index is 1.38. The minimum absolute atomic E-state index is 0.0220. The summed E-state index contributed by atoms with van der Waals surface area (Å²) >= 11 is 1.21. The van der Waals surface area contributed by atoms with E-state index in [9.17, 15) is 22.0 Å². The summed E-state index contributed by atoms with van der Waals surface area (Å²) in [6.07, 6.45) is -3.88. The molecular weight excluding hydrogens is 565 g/mol. The first-order valence-electron chi connectivity index (χ1n) is 13.4. The molecular formula is C29H30F5N3O3S. The fraction of sp³-hybridized carbons (Fsp3) is 0.448. The highest BCUT2D eigenvalue weighted by molar-refractivity contribution is 7.20. The van der Waals surface area contributed by atoms with E-state index in [2.05, 4.69) is 22.5 Å². The molecule has 0 saturated carbocycles. The molecule has 0 atom stereocenters. The summed E-state index contributed by atoms with van der Waals surface area (Å²) in [7, 11) is 0. The van der Waals surface area contributed by atoms with Crippen LogP contribution in [0, 0.1) is 17.7 Å². The van der Waals surface area contributed by atoms with Gasteiger partial charge in [0.2, 0.25) is 6.86 Å². The van der Waals surface area contributed by atoms with Crippen LogP contribution in [0.15, 0.2) is 30.3 Å². The molecule has 6 nitrogen and oxygen atoms in total. The lowest BCUT2D eigenvalue weighted by Gasteiger charge is -2.29. The number of alkyl halides is 4. The second-order valence-corrected chi connectivity index (χ2v) is 10.7. The van der Waals surface area contributed by atoms with Gasteiger partial charge >= 0.3 is 6.18 Å². The first-order chi connectivity index (χ1) is 19.8. The van der Waals surface area contributed by atoms with Crippen LogP contribution in [0.4, 0.5) is 39.0 Å². The summed E-state index contributed by atoms with van der Waals surface area (Å²) in [4.78, 5) is 2.11. The molecule has 41 heavy (non-hydrogen) atoms. The van der Waals surface area contributed by atoms with Crippen LogP contribution in [-0.4, -0.2) is 65.1 Å².